The Labute approximate surface area is 155 Å². The number of amides is 1. The molecule has 26 heavy (non-hydrogen) atoms. The molecule has 2 aromatic rings. The molecule has 0 heterocycles. The third kappa shape index (κ3) is 4.76. The third-order valence-corrected chi connectivity index (χ3v) is 4.68. The van der Waals surface area contributed by atoms with Gasteiger partial charge in [-0.05, 0) is 55.7 Å². The molecule has 2 rings (SSSR count). The van der Waals surface area contributed by atoms with Crippen molar-refractivity contribution >= 4 is 11.6 Å². The summed E-state index contributed by atoms with van der Waals surface area (Å²) in [5.41, 5.74) is 5.42. The molecule has 5 heteroatoms. The maximum Gasteiger partial charge on any atom is 0.279 e. The van der Waals surface area contributed by atoms with Crippen LogP contribution >= 0.6 is 0 Å². The molecule has 0 aliphatic carbocycles. The van der Waals surface area contributed by atoms with Gasteiger partial charge in [0, 0.05) is 11.3 Å². The van der Waals surface area contributed by atoms with E-state index in [1.807, 2.05) is 58.2 Å². The summed E-state index contributed by atoms with van der Waals surface area (Å²) in [6.07, 6.45) is 0. The maximum absolute atomic E-state index is 12.4. The highest BCUT2D eigenvalue weighted by molar-refractivity contribution is 5.92. The average molecular weight is 357 g/mol. The van der Waals surface area contributed by atoms with Gasteiger partial charge in [-0.15, -0.1) is 0 Å². The molecule has 5 nitrogen and oxygen atoms in total. The van der Waals surface area contributed by atoms with Crippen molar-refractivity contribution in [3.63, 3.8) is 0 Å². The van der Waals surface area contributed by atoms with Gasteiger partial charge >= 0.3 is 0 Å². The van der Waals surface area contributed by atoms with Crippen LogP contribution in [-0.4, -0.2) is 33.7 Å². The number of likely N-dealkylation sites (N-methyl/N-ethyl adjacent to an activating group) is 1. The molecular formula is C21H29N2O3+. The van der Waals surface area contributed by atoms with E-state index in [1.54, 1.807) is 14.2 Å². The zero-order valence-corrected chi connectivity index (χ0v) is 16.5. The molecule has 0 radical (unpaired) electrons. The van der Waals surface area contributed by atoms with Crippen LogP contribution < -0.4 is 19.7 Å². The fourth-order valence-electron chi connectivity index (χ4n) is 2.96. The van der Waals surface area contributed by atoms with E-state index in [2.05, 4.69) is 5.32 Å². The van der Waals surface area contributed by atoms with Crippen molar-refractivity contribution in [2.45, 2.75) is 27.3 Å². The molecule has 1 unspecified atom stereocenters. The Bertz CT molecular complexity index is 787. The van der Waals surface area contributed by atoms with E-state index < -0.39 is 0 Å². The molecule has 0 saturated heterocycles. The molecule has 0 aliphatic rings. The predicted molar refractivity (Wildman–Crippen MR) is 104 cm³/mol. The van der Waals surface area contributed by atoms with Crippen molar-refractivity contribution in [2.24, 2.45) is 0 Å². The minimum absolute atomic E-state index is 0.00864. The van der Waals surface area contributed by atoms with Crippen molar-refractivity contribution in [3.05, 3.63) is 52.6 Å². The topological polar surface area (TPSA) is 52.0 Å². The molecule has 0 aliphatic heterocycles. The Morgan fingerprint density at radius 3 is 2.35 bits per heavy atom. The van der Waals surface area contributed by atoms with Gasteiger partial charge in [0.1, 0.15) is 6.54 Å². The molecule has 0 bridgehead atoms. The number of quaternary nitrogens is 1. The molecule has 2 aromatic carbocycles. The molecule has 0 fully saturated rings. The van der Waals surface area contributed by atoms with Crippen molar-refractivity contribution in [3.8, 4) is 11.5 Å². The van der Waals surface area contributed by atoms with Crippen LogP contribution in [0.1, 0.15) is 22.3 Å². The number of carbonyl (C=O) groups is 1. The monoisotopic (exact) mass is 357 g/mol. The lowest BCUT2D eigenvalue weighted by molar-refractivity contribution is -0.885. The second-order valence-electron chi connectivity index (χ2n) is 6.74. The van der Waals surface area contributed by atoms with Gasteiger partial charge in [-0.1, -0.05) is 12.1 Å². The number of methoxy groups -OCH3 is 2. The summed E-state index contributed by atoms with van der Waals surface area (Å²) in [7, 11) is 5.27. The summed E-state index contributed by atoms with van der Waals surface area (Å²) >= 11 is 0. The Morgan fingerprint density at radius 1 is 1.04 bits per heavy atom. The quantitative estimate of drug-likeness (QED) is 0.799. The summed E-state index contributed by atoms with van der Waals surface area (Å²) in [6.45, 7) is 7.23. The van der Waals surface area contributed by atoms with Gasteiger partial charge in [0.25, 0.3) is 5.91 Å². The van der Waals surface area contributed by atoms with Gasteiger partial charge in [-0.3, -0.25) is 4.79 Å². The third-order valence-electron chi connectivity index (χ3n) is 4.68. The van der Waals surface area contributed by atoms with Gasteiger partial charge in [-0.2, -0.15) is 0 Å². The minimum atomic E-state index is 0.00864. The first-order valence-electron chi connectivity index (χ1n) is 8.74. The first kappa shape index (κ1) is 19.8. The van der Waals surface area contributed by atoms with Crippen LogP contribution in [0.25, 0.3) is 0 Å². The van der Waals surface area contributed by atoms with Crippen molar-refractivity contribution in [2.75, 3.05) is 33.1 Å². The fourth-order valence-corrected chi connectivity index (χ4v) is 2.96. The van der Waals surface area contributed by atoms with E-state index in [4.69, 9.17) is 9.47 Å². The average Bonchev–Trinajstić information content (AvgIpc) is 2.60. The number of carbonyl (C=O) groups excluding carboxylic acids is 1. The molecule has 1 atom stereocenters. The lowest BCUT2D eigenvalue weighted by Gasteiger charge is -2.18. The van der Waals surface area contributed by atoms with Gasteiger partial charge in [0.15, 0.2) is 18.0 Å². The predicted octanol–water partition coefficient (Wildman–Crippen LogP) is 2.28. The van der Waals surface area contributed by atoms with Gasteiger partial charge < -0.3 is 19.7 Å². The summed E-state index contributed by atoms with van der Waals surface area (Å²) in [6, 6.07) is 9.90. The highest BCUT2D eigenvalue weighted by atomic mass is 16.5. The zero-order chi connectivity index (χ0) is 19.3. The second kappa shape index (κ2) is 8.72. The SMILES string of the molecule is COc1cc(C)c(C[NH+](C)CC(=O)Nc2cccc(C)c2C)cc1OC. The standard InChI is InChI=1S/C21H28N2O3/c1-14-8-7-9-18(16(14)3)22-21(24)13-23(4)12-17-11-20(26-6)19(25-5)10-15(17)2/h7-11H,12-13H2,1-6H3,(H,22,24)/p+1. The number of hydrogen-bond donors (Lipinski definition) is 2. The fraction of sp³-hybridized carbons (Fsp3) is 0.381. The Morgan fingerprint density at radius 2 is 1.69 bits per heavy atom. The Kier molecular flexibility index (Phi) is 6.64. The molecule has 140 valence electrons. The first-order valence-corrected chi connectivity index (χ1v) is 8.74. The Hall–Kier alpha value is -2.53. The minimum Gasteiger partial charge on any atom is -0.493 e. The van der Waals surface area contributed by atoms with Crippen LogP contribution in [0.2, 0.25) is 0 Å². The van der Waals surface area contributed by atoms with Gasteiger partial charge in [0.2, 0.25) is 0 Å². The van der Waals surface area contributed by atoms with E-state index in [0.29, 0.717) is 12.3 Å². The number of aryl methyl sites for hydroxylation is 2. The Balaban J connectivity index is 2.03. The second-order valence-corrected chi connectivity index (χ2v) is 6.74. The van der Waals surface area contributed by atoms with Crippen LogP contribution in [0.3, 0.4) is 0 Å². The normalized spacial score (nSPS) is 11.8. The molecule has 0 aromatic heterocycles. The van der Waals surface area contributed by atoms with E-state index in [0.717, 1.165) is 39.6 Å². The smallest absolute Gasteiger partial charge is 0.279 e. The number of ether oxygens (including phenoxy) is 2. The van der Waals surface area contributed by atoms with E-state index >= 15 is 0 Å². The van der Waals surface area contributed by atoms with E-state index in [1.165, 1.54) is 5.56 Å². The lowest BCUT2D eigenvalue weighted by Crippen LogP contribution is -3.08. The van der Waals surface area contributed by atoms with Gasteiger partial charge in [-0.25, -0.2) is 0 Å². The molecule has 2 N–H and O–H groups in total. The van der Waals surface area contributed by atoms with Crippen LogP contribution in [0.5, 0.6) is 11.5 Å². The van der Waals surface area contributed by atoms with E-state index in [-0.39, 0.29) is 5.91 Å². The molecule has 0 spiro atoms. The van der Waals surface area contributed by atoms with Crippen LogP contribution in [0, 0.1) is 20.8 Å². The van der Waals surface area contributed by atoms with Crippen molar-refractivity contribution in [1.29, 1.82) is 0 Å². The summed E-state index contributed by atoms with van der Waals surface area (Å²) < 4.78 is 10.7. The number of rotatable bonds is 7. The first-order chi connectivity index (χ1) is 12.3. The van der Waals surface area contributed by atoms with Crippen molar-refractivity contribution in [1.82, 2.24) is 0 Å². The number of anilines is 1. The largest absolute Gasteiger partial charge is 0.493 e. The van der Waals surface area contributed by atoms with Crippen LogP contribution in [-0.2, 0) is 11.3 Å². The van der Waals surface area contributed by atoms with Crippen LogP contribution in [0.15, 0.2) is 30.3 Å². The van der Waals surface area contributed by atoms with Gasteiger partial charge in [0.05, 0.1) is 21.3 Å². The molecular weight excluding hydrogens is 328 g/mol. The maximum atomic E-state index is 12.4. The highest BCUT2D eigenvalue weighted by Crippen LogP contribution is 2.29. The number of nitrogens with one attached hydrogen (secondary N) is 2. The summed E-state index contributed by atoms with van der Waals surface area (Å²) in [5, 5.41) is 3.02. The summed E-state index contributed by atoms with van der Waals surface area (Å²) in [5.74, 6) is 1.44. The lowest BCUT2D eigenvalue weighted by atomic mass is 10.1. The molecule has 1 amide bonds. The van der Waals surface area contributed by atoms with Crippen molar-refractivity contribution < 1.29 is 19.2 Å². The number of benzene rings is 2. The van der Waals surface area contributed by atoms with Crippen LogP contribution in [0.4, 0.5) is 5.69 Å². The summed E-state index contributed by atoms with van der Waals surface area (Å²) in [4.78, 5) is 13.5. The zero-order valence-electron chi connectivity index (χ0n) is 16.5. The molecule has 0 saturated carbocycles. The highest BCUT2D eigenvalue weighted by Gasteiger charge is 2.15. The number of hydrogen-bond acceptors (Lipinski definition) is 3. The van der Waals surface area contributed by atoms with E-state index in [9.17, 15) is 4.79 Å².